The Hall–Kier alpha value is -2.89. The van der Waals surface area contributed by atoms with Crippen LogP contribution in [0.25, 0.3) is 0 Å². The molecular weight excluding hydrogens is 311 g/mol. The zero-order valence-corrected chi connectivity index (χ0v) is 13.7. The molecule has 0 aromatic heterocycles. The van der Waals surface area contributed by atoms with Crippen LogP contribution in [-0.2, 0) is 4.79 Å². The molecule has 2 rings (SSSR count). The summed E-state index contributed by atoms with van der Waals surface area (Å²) in [5, 5.41) is 0. The van der Waals surface area contributed by atoms with E-state index >= 15 is 0 Å². The summed E-state index contributed by atoms with van der Waals surface area (Å²) in [5.74, 6) is -1.61. The lowest BCUT2D eigenvalue weighted by atomic mass is 10.1. The molecule has 0 aliphatic carbocycles. The van der Waals surface area contributed by atoms with Gasteiger partial charge < -0.3 is 4.74 Å². The molecule has 0 radical (unpaired) electrons. The number of carbonyl (C=O) groups is 2. The van der Waals surface area contributed by atoms with Gasteiger partial charge in [0.1, 0.15) is 0 Å². The van der Waals surface area contributed by atoms with Crippen molar-refractivity contribution in [1.29, 1.82) is 0 Å². The molecule has 1 atom stereocenters. The minimum absolute atomic E-state index is 0.0271. The maximum atomic E-state index is 13.5. The molecule has 5 nitrogen and oxygen atoms in total. The molecule has 2 aromatic rings. The maximum absolute atomic E-state index is 13.5. The molecule has 0 heterocycles. The average molecular weight is 330 g/mol. The Morgan fingerprint density at radius 1 is 1.04 bits per heavy atom. The molecule has 126 valence electrons. The van der Waals surface area contributed by atoms with Crippen LogP contribution in [0.2, 0.25) is 0 Å². The number of benzene rings is 2. The van der Waals surface area contributed by atoms with Crippen molar-refractivity contribution in [1.82, 2.24) is 10.9 Å². The standard InChI is InChI=1S/C18H19FN2O3/c1-11-8-12(2)10-14(9-11)18(23)21-20-17(22)13(3)24-16-7-5-4-6-15(16)19/h4-10,13H,1-3H3,(H,20,22)(H,21,23). The van der Waals surface area contributed by atoms with E-state index in [0.717, 1.165) is 11.1 Å². The summed E-state index contributed by atoms with van der Waals surface area (Å²) in [5.41, 5.74) is 6.93. The first-order valence-electron chi connectivity index (χ1n) is 7.46. The first-order valence-corrected chi connectivity index (χ1v) is 7.46. The summed E-state index contributed by atoms with van der Waals surface area (Å²) < 4.78 is 18.7. The van der Waals surface area contributed by atoms with Crippen molar-refractivity contribution in [2.24, 2.45) is 0 Å². The fourth-order valence-corrected chi connectivity index (χ4v) is 2.18. The van der Waals surface area contributed by atoms with Crippen molar-refractivity contribution in [2.75, 3.05) is 0 Å². The minimum Gasteiger partial charge on any atom is -0.478 e. The van der Waals surface area contributed by atoms with Crippen LogP contribution in [-0.4, -0.2) is 17.9 Å². The Labute approximate surface area is 139 Å². The van der Waals surface area contributed by atoms with Crippen molar-refractivity contribution in [3.05, 3.63) is 65.0 Å². The van der Waals surface area contributed by atoms with Gasteiger partial charge in [-0.15, -0.1) is 0 Å². The van der Waals surface area contributed by atoms with Gasteiger partial charge in [-0.3, -0.25) is 20.4 Å². The van der Waals surface area contributed by atoms with Crippen LogP contribution < -0.4 is 15.6 Å². The van der Waals surface area contributed by atoms with Gasteiger partial charge in [0.05, 0.1) is 0 Å². The SMILES string of the molecule is Cc1cc(C)cc(C(=O)NNC(=O)C(C)Oc2ccccc2F)c1. The number of halogens is 1. The zero-order chi connectivity index (χ0) is 17.7. The molecule has 2 aromatic carbocycles. The third kappa shape index (κ3) is 4.55. The van der Waals surface area contributed by atoms with E-state index in [4.69, 9.17) is 4.74 Å². The summed E-state index contributed by atoms with van der Waals surface area (Å²) in [6, 6.07) is 11.2. The number of nitrogens with one attached hydrogen (secondary N) is 2. The van der Waals surface area contributed by atoms with Gasteiger partial charge in [-0.1, -0.05) is 29.3 Å². The predicted molar refractivity (Wildman–Crippen MR) is 88.0 cm³/mol. The smallest absolute Gasteiger partial charge is 0.279 e. The predicted octanol–water partition coefficient (Wildman–Crippen LogP) is 2.67. The van der Waals surface area contributed by atoms with Crippen LogP contribution in [0.1, 0.15) is 28.4 Å². The molecule has 0 spiro atoms. The third-order valence-electron chi connectivity index (χ3n) is 3.29. The van der Waals surface area contributed by atoms with E-state index < -0.39 is 23.7 Å². The molecule has 0 bridgehead atoms. The molecule has 0 aliphatic rings. The van der Waals surface area contributed by atoms with Gasteiger partial charge in [0, 0.05) is 5.56 Å². The lowest BCUT2D eigenvalue weighted by Crippen LogP contribution is -2.47. The molecule has 2 N–H and O–H groups in total. The van der Waals surface area contributed by atoms with Gasteiger partial charge in [-0.2, -0.15) is 0 Å². The van der Waals surface area contributed by atoms with Crippen LogP contribution in [0.3, 0.4) is 0 Å². The van der Waals surface area contributed by atoms with Gasteiger partial charge in [-0.05, 0) is 45.0 Å². The normalized spacial score (nSPS) is 11.5. The van der Waals surface area contributed by atoms with E-state index in [1.807, 2.05) is 19.9 Å². The number of amides is 2. The Kier molecular flexibility index (Phi) is 5.52. The molecule has 0 fully saturated rings. The summed E-state index contributed by atoms with van der Waals surface area (Å²) in [7, 11) is 0. The van der Waals surface area contributed by atoms with Crippen molar-refractivity contribution in [3.63, 3.8) is 0 Å². The molecule has 1 unspecified atom stereocenters. The third-order valence-corrected chi connectivity index (χ3v) is 3.29. The number of hydrazine groups is 1. The number of ether oxygens (including phenoxy) is 1. The van der Waals surface area contributed by atoms with Crippen LogP contribution >= 0.6 is 0 Å². The summed E-state index contributed by atoms with van der Waals surface area (Å²) in [4.78, 5) is 24.0. The van der Waals surface area contributed by atoms with Crippen LogP contribution in [0, 0.1) is 19.7 Å². The highest BCUT2D eigenvalue weighted by Crippen LogP contribution is 2.16. The molecule has 0 saturated carbocycles. The minimum atomic E-state index is -0.971. The van der Waals surface area contributed by atoms with Gasteiger partial charge in [0.15, 0.2) is 17.7 Å². The monoisotopic (exact) mass is 330 g/mol. The van der Waals surface area contributed by atoms with Crippen molar-refractivity contribution < 1.29 is 18.7 Å². The number of para-hydroxylation sites is 1. The fraction of sp³-hybridized carbons (Fsp3) is 0.222. The first kappa shape index (κ1) is 17.5. The van der Waals surface area contributed by atoms with E-state index in [1.165, 1.54) is 25.1 Å². The molecule has 6 heteroatoms. The molecule has 0 aliphatic heterocycles. The zero-order valence-electron chi connectivity index (χ0n) is 13.7. The van der Waals surface area contributed by atoms with Crippen molar-refractivity contribution in [2.45, 2.75) is 26.9 Å². The molecule has 0 saturated heterocycles. The van der Waals surface area contributed by atoms with Gasteiger partial charge in [-0.25, -0.2) is 4.39 Å². The summed E-state index contributed by atoms with van der Waals surface area (Å²) in [6.45, 7) is 5.23. The Balaban J connectivity index is 1.92. The molecule has 24 heavy (non-hydrogen) atoms. The van der Waals surface area contributed by atoms with Crippen LogP contribution in [0.15, 0.2) is 42.5 Å². The Morgan fingerprint density at radius 2 is 1.67 bits per heavy atom. The van der Waals surface area contributed by atoms with E-state index in [-0.39, 0.29) is 5.75 Å². The highest BCUT2D eigenvalue weighted by molar-refractivity contribution is 5.96. The Morgan fingerprint density at radius 3 is 2.29 bits per heavy atom. The molecular formula is C18H19FN2O3. The number of hydrogen-bond acceptors (Lipinski definition) is 3. The summed E-state index contributed by atoms with van der Waals surface area (Å²) >= 11 is 0. The largest absolute Gasteiger partial charge is 0.478 e. The second-order valence-corrected chi connectivity index (χ2v) is 5.51. The topological polar surface area (TPSA) is 67.4 Å². The fourth-order valence-electron chi connectivity index (χ4n) is 2.18. The number of hydrogen-bond donors (Lipinski definition) is 2. The van der Waals surface area contributed by atoms with E-state index in [0.29, 0.717) is 5.56 Å². The van der Waals surface area contributed by atoms with E-state index in [9.17, 15) is 14.0 Å². The lowest BCUT2D eigenvalue weighted by molar-refractivity contribution is -0.128. The quantitative estimate of drug-likeness (QED) is 0.847. The van der Waals surface area contributed by atoms with E-state index in [1.54, 1.807) is 18.2 Å². The average Bonchev–Trinajstić information content (AvgIpc) is 2.53. The van der Waals surface area contributed by atoms with Crippen LogP contribution in [0.5, 0.6) is 5.75 Å². The lowest BCUT2D eigenvalue weighted by Gasteiger charge is -2.15. The van der Waals surface area contributed by atoms with E-state index in [2.05, 4.69) is 10.9 Å². The second-order valence-electron chi connectivity index (χ2n) is 5.51. The first-order chi connectivity index (χ1) is 11.4. The Bertz CT molecular complexity index is 741. The van der Waals surface area contributed by atoms with Gasteiger partial charge in [0.25, 0.3) is 11.8 Å². The van der Waals surface area contributed by atoms with Gasteiger partial charge >= 0.3 is 0 Å². The summed E-state index contributed by atoms with van der Waals surface area (Å²) in [6.07, 6.45) is -0.971. The van der Waals surface area contributed by atoms with Crippen molar-refractivity contribution in [3.8, 4) is 5.75 Å². The highest BCUT2D eigenvalue weighted by Gasteiger charge is 2.17. The van der Waals surface area contributed by atoms with Gasteiger partial charge in [0.2, 0.25) is 0 Å². The number of carbonyl (C=O) groups excluding carboxylic acids is 2. The second kappa shape index (κ2) is 7.59. The van der Waals surface area contributed by atoms with Crippen molar-refractivity contribution >= 4 is 11.8 Å². The number of aryl methyl sites for hydroxylation is 2. The highest BCUT2D eigenvalue weighted by atomic mass is 19.1. The van der Waals surface area contributed by atoms with Crippen LogP contribution in [0.4, 0.5) is 4.39 Å². The maximum Gasteiger partial charge on any atom is 0.279 e. The number of rotatable bonds is 4. The molecule has 2 amide bonds.